The first-order valence-corrected chi connectivity index (χ1v) is 11.0. The van der Waals surface area contributed by atoms with Gasteiger partial charge in [-0.25, -0.2) is 4.98 Å². The number of rotatable bonds is 7. The Hall–Kier alpha value is -4.13. The van der Waals surface area contributed by atoms with Crippen LogP contribution in [0.5, 0.6) is 5.75 Å². The number of hydrogen-bond donors (Lipinski definition) is 1. The predicted molar refractivity (Wildman–Crippen MR) is 127 cm³/mol. The summed E-state index contributed by atoms with van der Waals surface area (Å²) in [5, 5.41) is 2.99. The third kappa shape index (κ3) is 4.43. The number of hydrogen-bond acceptors (Lipinski definition) is 4. The van der Waals surface area contributed by atoms with E-state index in [9.17, 15) is 9.59 Å². The van der Waals surface area contributed by atoms with Crippen molar-refractivity contribution in [2.45, 2.75) is 26.0 Å². The van der Waals surface area contributed by atoms with Crippen molar-refractivity contribution in [3.05, 3.63) is 84.7 Å². The Bertz CT molecular complexity index is 1300. The van der Waals surface area contributed by atoms with Gasteiger partial charge in [0.05, 0.1) is 22.4 Å². The number of para-hydroxylation sites is 5. The molecule has 7 heteroatoms. The molecule has 0 atom stereocenters. The Labute approximate surface area is 191 Å². The molecule has 2 heterocycles. The van der Waals surface area contributed by atoms with Gasteiger partial charge in [-0.1, -0.05) is 42.5 Å². The molecule has 0 radical (unpaired) electrons. The van der Waals surface area contributed by atoms with Gasteiger partial charge >= 0.3 is 0 Å². The van der Waals surface area contributed by atoms with Crippen molar-refractivity contribution < 1.29 is 14.3 Å². The average molecular weight is 441 g/mol. The molecule has 2 amide bonds. The predicted octanol–water partition coefficient (Wildman–Crippen LogP) is 4.38. The molecule has 7 nitrogen and oxygen atoms in total. The van der Waals surface area contributed by atoms with E-state index >= 15 is 0 Å². The number of carbonyl (C=O) groups excluding carboxylic acids is 2. The van der Waals surface area contributed by atoms with Crippen LogP contribution in [0.4, 0.5) is 11.4 Å². The molecule has 4 aromatic rings. The van der Waals surface area contributed by atoms with Gasteiger partial charge in [0.2, 0.25) is 11.8 Å². The number of fused-ring (bicyclic) bond motifs is 1. The molecule has 0 bridgehead atoms. The van der Waals surface area contributed by atoms with E-state index in [0.29, 0.717) is 24.5 Å². The Balaban J connectivity index is 1.38. The van der Waals surface area contributed by atoms with Crippen molar-refractivity contribution >= 4 is 34.2 Å². The highest BCUT2D eigenvalue weighted by atomic mass is 16.5. The highest BCUT2D eigenvalue weighted by Crippen LogP contribution is 2.29. The van der Waals surface area contributed by atoms with Crippen LogP contribution < -0.4 is 15.0 Å². The normalized spacial score (nSPS) is 13.5. The number of imidazole rings is 1. The molecule has 1 aromatic heterocycles. The minimum absolute atomic E-state index is 0.0796. The fourth-order valence-electron chi connectivity index (χ4n) is 4.13. The molecule has 166 valence electrons. The molecule has 1 aliphatic heterocycles. The van der Waals surface area contributed by atoms with E-state index < -0.39 is 0 Å². The molecule has 1 saturated heterocycles. The molecular weight excluding hydrogens is 416 g/mol. The molecule has 33 heavy (non-hydrogen) atoms. The van der Waals surface area contributed by atoms with E-state index in [2.05, 4.69) is 10.3 Å². The summed E-state index contributed by atoms with van der Waals surface area (Å²) in [4.78, 5) is 31.8. The summed E-state index contributed by atoms with van der Waals surface area (Å²) in [6.45, 7) is 0.986. The lowest BCUT2D eigenvalue weighted by Crippen LogP contribution is -2.26. The van der Waals surface area contributed by atoms with E-state index in [-0.39, 0.29) is 25.0 Å². The van der Waals surface area contributed by atoms with Crippen molar-refractivity contribution in [3.63, 3.8) is 0 Å². The first kappa shape index (κ1) is 20.8. The lowest BCUT2D eigenvalue weighted by Gasteiger charge is -2.20. The SMILES string of the molecule is O=C(Cn1c(COc2ccccc2)nc2ccccc21)Nc1ccccc1N1CCCC1=O. The van der Waals surface area contributed by atoms with Gasteiger partial charge < -0.3 is 19.5 Å². The van der Waals surface area contributed by atoms with Gasteiger partial charge in [0.1, 0.15) is 24.7 Å². The number of ether oxygens (including phenoxy) is 1. The first-order valence-electron chi connectivity index (χ1n) is 11.0. The lowest BCUT2D eigenvalue weighted by atomic mass is 10.2. The van der Waals surface area contributed by atoms with Gasteiger partial charge in [-0.05, 0) is 42.8 Å². The van der Waals surface area contributed by atoms with Gasteiger partial charge in [0.25, 0.3) is 0 Å². The Kier molecular flexibility index (Phi) is 5.76. The van der Waals surface area contributed by atoms with Crippen LogP contribution in [0.3, 0.4) is 0 Å². The van der Waals surface area contributed by atoms with Gasteiger partial charge in [-0.15, -0.1) is 0 Å². The van der Waals surface area contributed by atoms with Crippen LogP contribution in [0.15, 0.2) is 78.9 Å². The zero-order valence-corrected chi connectivity index (χ0v) is 18.1. The molecule has 1 aliphatic rings. The second-order valence-electron chi connectivity index (χ2n) is 7.92. The van der Waals surface area contributed by atoms with Crippen LogP contribution in [-0.2, 0) is 22.7 Å². The standard InChI is InChI=1S/C26H24N4O3/c31-25(28-21-12-5-6-13-22(21)29-16-8-15-26(29)32)17-30-23-14-7-4-11-20(23)27-24(30)18-33-19-9-2-1-3-10-19/h1-7,9-14H,8,15-18H2,(H,28,31). The van der Waals surface area contributed by atoms with Crippen molar-refractivity contribution in [3.8, 4) is 5.75 Å². The fraction of sp³-hybridized carbons (Fsp3) is 0.192. The summed E-state index contributed by atoms with van der Waals surface area (Å²) in [7, 11) is 0. The maximum Gasteiger partial charge on any atom is 0.244 e. The van der Waals surface area contributed by atoms with Gasteiger partial charge in [0, 0.05) is 13.0 Å². The number of benzene rings is 3. The second-order valence-corrected chi connectivity index (χ2v) is 7.92. The summed E-state index contributed by atoms with van der Waals surface area (Å²) in [6.07, 6.45) is 1.36. The van der Waals surface area contributed by atoms with Crippen LogP contribution in [0.25, 0.3) is 11.0 Å². The Morgan fingerprint density at radius 3 is 2.55 bits per heavy atom. The van der Waals surface area contributed by atoms with E-state index in [1.165, 1.54) is 0 Å². The molecule has 1 N–H and O–H groups in total. The number of aromatic nitrogens is 2. The number of anilines is 2. The third-order valence-electron chi connectivity index (χ3n) is 5.69. The zero-order chi connectivity index (χ0) is 22.6. The topological polar surface area (TPSA) is 76.5 Å². The molecule has 3 aromatic carbocycles. The summed E-state index contributed by atoms with van der Waals surface area (Å²) < 4.78 is 7.77. The van der Waals surface area contributed by atoms with E-state index in [1.54, 1.807) is 4.90 Å². The largest absolute Gasteiger partial charge is 0.486 e. The van der Waals surface area contributed by atoms with Crippen LogP contribution in [0.2, 0.25) is 0 Å². The summed E-state index contributed by atoms with van der Waals surface area (Å²) >= 11 is 0. The smallest absolute Gasteiger partial charge is 0.244 e. The summed E-state index contributed by atoms with van der Waals surface area (Å²) in [5.41, 5.74) is 3.03. The van der Waals surface area contributed by atoms with E-state index in [4.69, 9.17) is 4.74 Å². The van der Waals surface area contributed by atoms with Crippen molar-refractivity contribution in [1.29, 1.82) is 0 Å². The van der Waals surface area contributed by atoms with Gasteiger partial charge in [-0.2, -0.15) is 0 Å². The fourth-order valence-corrected chi connectivity index (χ4v) is 4.13. The van der Waals surface area contributed by atoms with Crippen molar-refractivity contribution in [2.24, 2.45) is 0 Å². The van der Waals surface area contributed by atoms with Crippen LogP contribution >= 0.6 is 0 Å². The minimum Gasteiger partial charge on any atom is -0.486 e. The van der Waals surface area contributed by atoms with E-state index in [0.717, 1.165) is 28.9 Å². The molecule has 0 unspecified atom stereocenters. The maximum atomic E-state index is 13.1. The zero-order valence-electron chi connectivity index (χ0n) is 18.1. The highest BCUT2D eigenvalue weighted by molar-refractivity contribution is 6.02. The lowest BCUT2D eigenvalue weighted by molar-refractivity contribution is -0.117. The molecule has 0 aliphatic carbocycles. The highest BCUT2D eigenvalue weighted by Gasteiger charge is 2.24. The molecule has 5 rings (SSSR count). The maximum absolute atomic E-state index is 13.1. The molecular formula is C26H24N4O3. The van der Waals surface area contributed by atoms with E-state index in [1.807, 2.05) is 83.4 Å². The summed E-state index contributed by atoms with van der Waals surface area (Å²) in [6, 6.07) is 24.6. The quantitative estimate of drug-likeness (QED) is 0.463. The van der Waals surface area contributed by atoms with Crippen LogP contribution in [-0.4, -0.2) is 27.9 Å². The third-order valence-corrected chi connectivity index (χ3v) is 5.69. The van der Waals surface area contributed by atoms with Crippen LogP contribution in [0.1, 0.15) is 18.7 Å². The number of amides is 2. The van der Waals surface area contributed by atoms with Crippen molar-refractivity contribution in [2.75, 3.05) is 16.8 Å². The van der Waals surface area contributed by atoms with Gasteiger partial charge in [0.15, 0.2) is 0 Å². The Morgan fingerprint density at radius 2 is 1.73 bits per heavy atom. The summed E-state index contributed by atoms with van der Waals surface area (Å²) in [5.74, 6) is 1.29. The Morgan fingerprint density at radius 1 is 0.970 bits per heavy atom. The minimum atomic E-state index is -0.196. The first-order chi connectivity index (χ1) is 16.2. The monoisotopic (exact) mass is 440 g/mol. The van der Waals surface area contributed by atoms with Gasteiger partial charge in [-0.3, -0.25) is 9.59 Å². The van der Waals surface area contributed by atoms with Crippen molar-refractivity contribution in [1.82, 2.24) is 9.55 Å². The average Bonchev–Trinajstić information content (AvgIpc) is 3.42. The van der Waals surface area contributed by atoms with Crippen LogP contribution in [0, 0.1) is 0 Å². The number of nitrogens with zero attached hydrogens (tertiary/aromatic N) is 3. The number of carbonyl (C=O) groups is 2. The second kappa shape index (κ2) is 9.16. The molecule has 1 fully saturated rings. The number of nitrogens with one attached hydrogen (secondary N) is 1. The molecule has 0 spiro atoms. The molecule has 0 saturated carbocycles.